The van der Waals surface area contributed by atoms with E-state index >= 15 is 0 Å². The van der Waals surface area contributed by atoms with Crippen LogP contribution in [0.3, 0.4) is 0 Å². The van der Waals surface area contributed by atoms with Crippen molar-refractivity contribution in [2.45, 2.75) is 16.9 Å². The average molecular weight is 259 g/mol. The third-order valence-corrected chi connectivity index (χ3v) is 4.05. The fourth-order valence-corrected chi connectivity index (χ4v) is 3.30. The van der Waals surface area contributed by atoms with Crippen molar-refractivity contribution in [1.82, 2.24) is 5.32 Å². The van der Waals surface area contributed by atoms with Gasteiger partial charge in [-0.05, 0) is 23.6 Å². The molecule has 1 N–H and O–H groups in total. The molecule has 1 aromatic carbocycles. The Hall–Kier alpha value is -1.67. The van der Waals surface area contributed by atoms with Gasteiger partial charge in [0, 0.05) is 28.6 Å². The Balaban J connectivity index is 2.23. The monoisotopic (exact) mass is 259 g/mol. The van der Waals surface area contributed by atoms with Crippen molar-refractivity contribution in [3.63, 3.8) is 0 Å². The van der Waals surface area contributed by atoms with Crippen LogP contribution in [0.1, 0.15) is 12.0 Å². The summed E-state index contributed by atoms with van der Waals surface area (Å²) in [4.78, 5) is 3.86. The van der Waals surface area contributed by atoms with Crippen molar-refractivity contribution in [3.05, 3.63) is 40.3 Å². The first-order valence-electron chi connectivity index (χ1n) is 5.72. The summed E-state index contributed by atoms with van der Waals surface area (Å²) in [6, 6.07) is 10.4. The van der Waals surface area contributed by atoms with Crippen LogP contribution in [0, 0.1) is 11.3 Å². The third kappa shape index (κ3) is 2.44. The summed E-state index contributed by atoms with van der Waals surface area (Å²) in [5.41, 5.74) is 8.63. The summed E-state index contributed by atoms with van der Waals surface area (Å²) in [6.45, 7) is 0.867. The highest BCUT2D eigenvalue weighted by molar-refractivity contribution is 7.99. The summed E-state index contributed by atoms with van der Waals surface area (Å²) < 4.78 is 0. The van der Waals surface area contributed by atoms with E-state index in [1.54, 1.807) is 11.8 Å². The van der Waals surface area contributed by atoms with Gasteiger partial charge in [-0.3, -0.25) is 5.32 Å². The number of hydrogen-bond acceptors (Lipinski definition) is 4. The molecule has 0 aliphatic carbocycles. The van der Waals surface area contributed by atoms with Gasteiger partial charge in [-0.1, -0.05) is 23.3 Å². The molecular weight excluding hydrogens is 246 g/mol. The number of thioether (sulfide) groups is 1. The summed E-state index contributed by atoms with van der Waals surface area (Å²) in [5, 5.41) is 16.2. The Kier molecular flexibility index (Phi) is 4.11. The minimum atomic E-state index is -0.646. The number of hydrogen-bond donors (Lipinski definition) is 1. The van der Waals surface area contributed by atoms with Crippen LogP contribution in [-0.2, 0) is 5.54 Å². The van der Waals surface area contributed by atoms with Crippen molar-refractivity contribution in [3.8, 4) is 6.07 Å². The molecule has 1 aliphatic rings. The van der Waals surface area contributed by atoms with Gasteiger partial charge in [0.1, 0.15) is 5.54 Å². The van der Waals surface area contributed by atoms with Crippen LogP contribution in [0.5, 0.6) is 0 Å². The second-order valence-corrected chi connectivity index (χ2v) is 5.13. The normalized spacial score (nSPS) is 21.5. The van der Waals surface area contributed by atoms with Crippen molar-refractivity contribution in [2.24, 2.45) is 5.11 Å². The van der Waals surface area contributed by atoms with E-state index in [4.69, 9.17) is 5.53 Å². The smallest absolute Gasteiger partial charge is 0.134 e. The molecule has 6 heteroatoms. The zero-order chi connectivity index (χ0) is 12.8. The predicted octanol–water partition coefficient (Wildman–Crippen LogP) is 2.80. The second kappa shape index (κ2) is 5.78. The molecule has 0 spiro atoms. The maximum Gasteiger partial charge on any atom is 0.134 e. The molecule has 92 valence electrons. The topological polar surface area (TPSA) is 84.6 Å². The van der Waals surface area contributed by atoms with Crippen LogP contribution in [0.15, 0.2) is 34.3 Å². The lowest BCUT2D eigenvalue weighted by Crippen LogP contribution is -2.44. The second-order valence-electron chi connectivity index (χ2n) is 3.99. The van der Waals surface area contributed by atoms with E-state index in [0.717, 1.165) is 22.6 Å². The zero-order valence-electron chi connectivity index (χ0n) is 9.83. The Labute approximate surface area is 110 Å². The Bertz CT molecular complexity index is 517. The number of nitriles is 1. The standard InChI is InChI=1S/C12H13N5S/c13-9-12(15-6-7-16-17-14)5-8-18-11-4-2-1-3-10(11)12/h1-4,15H,5-8H2. The molecule has 5 nitrogen and oxygen atoms in total. The highest BCUT2D eigenvalue weighted by Crippen LogP contribution is 2.39. The Morgan fingerprint density at radius 2 is 2.39 bits per heavy atom. The molecule has 1 aliphatic heterocycles. The van der Waals surface area contributed by atoms with Gasteiger partial charge in [0.15, 0.2) is 0 Å². The van der Waals surface area contributed by atoms with E-state index in [0.29, 0.717) is 13.1 Å². The van der Waals surface area contributed by atoms with Gasteiger partial charge in [-0.15, -0.1) is 11.8 Å². The maximum atomic E-state index is 9.52. The number of fused-ring (bicyclic) bond motifs is 1. The average Bonchev–Trinajstić information content (AvgIpc) is 2.44. The van der Waals surface area contributed by atoms with Crippen LogP contribution in [0.25, 0.3) is 10.4 Å². The molecule has 2 rings (SSSR count). The predicted molar refractivity (Wildman–Crippen MR) is 71.1 cm³/mol. The number of benzene rings is 1. The van der Waals surface area contributed by atoms with Crippen LogP contribution >= 0.6 is 11.8 Å². The van der Waals surface area contributed by atoms with Crippen molar-refractivity contribution < 1.29 is 0 Å². The lowest BCUT2D eigenvalue weighted by atomic mass is 9.88. The highest BCUT2D eigenvalue weighted by atomic mass is 32.2. The molecule has 18 heavy (non-hydrogen) atoms. The quantitative estimate of drug-likeness (QED) is 0.390. The minimum absolute atomic E-state index is 0.356. The zero-order valence-corrected chi connectivity index (χ0v) is 10.7. The largest absolute Gasteiger partial charge is 0.295 e. The van der Waals surface area contributed by atoms with Gasteiger partial charge in [0.25, 0.3) is 0 Å². The molecule has 0 saturated carbocycles. The highest BCUT2D eigenvalue weighted by Gasteiger charge is 2.36. The Morgan fingerprint density at radius 1 is 1.56 bits per heavy atom. The third-order valence-electron chi connectivity index (χ3n) is 2.97. The number of nitrogens with zero attached hydrogens (tertiary/aromatic N) is 4. The van der Waals surface area contributed by atoms with Crippen LogP contribution in [-0.4, -0.2) is 18.8 Å². The molecule has 0 amide bonds. The molecule has 0 bridgehead atoms. The maximum absolute atomic E-state index is 9.52. The van der Waals surface area contributed by atoms with E-state index in [1.165, 1.54) is 0 Å². The molecule has 1 unspecified atom stereocenters. The number of rotatable bonds is 4. The molecule has 0 fully saturated rings. The van der Waals surface area contributed by atoms with E-state index < -0.39 is 5.54 Å². The Morgan fingerprint density at radius 3 is 3.17 bits per heavy atom. The SMILES string of the molecule is N#CC1(NCCN=[N+]=[N-])CCSc2ccccc21. The molecule has 1 atom stereocenters. The van der Waals surface area contributed by atoms with E-state index in [1.807, 2.05) is 24.3 Å². The fourth-order valence-electron chi connectivity index (χ4n) is 2.10. The van der Waals surface area contributed by atoms with Crippen molar-refractivity contribution in [1.29, 1.82) is 5.26 Å². The number of azide groups is 1. The first-order valence-corrected chi connectivity index (χ1v) is 6.70. The van der Waals surface area contributed by atoms with Gasteiger partial charge in [0.2, 0.25) is 0 Å². The summed E-state index contributed by atoms with van der Waals surface area (Å²) in [7, 11) is 0. The van der Waals surface area contributed by atoms with Crippen LogP contribution < -0.4 is 5.32 Å². The first kappa shape index (κ1) is 12.8. The van der Waals surface area contributed by atoms with Gasteiger partial charge in [0.05, 0.1) is 6.07 Å². The summed E-state index contributed by atoms with van der Waals surface area (Å²) >= 11 is 1.78. The van der Waals surface area contributed by atoms with E-state index in [9.17, 15) is 5.26 Å². The van der Waals surface area contributed by atoms with Gasteiger partial charge in [-0.25, -0.2) is 0 Å². The van der Waals surface area contributed by atoms with E-state index in [-0.39, 0.29) is 0 Å². The molecule has 1 aromatic rings. The van der Waals surface area contributed by atoms with Gasteiger partial charge < -0.3 is 0 Å². The fraction of sp³-hybridized carbons (Fsp3) is 0.417. The lowest BCUT2D eigenvalue weighted by Gasteiger charge is -2.33. The lowest BCUT2D eigenvalue weighted by molar-refractivity contribution is 0.411. The van der Waals surface area contributed by atoms with Crippen molar-refractivity contribution in [2.75, 3.05) is 18.8 Å². The van der Waals surface area contributed by atoms with Crippen molar-refractivity contribution >= 4 is 11.8 Å². The first-order chi connectivity index (χ1) is 8.82. The molecular formula is C12H13N5S. The van der Waals surface area contributed by atoms with E-state index in [2.05, 4.69) is 21.4 Å². The summed E-state index contributed by atoms with van der Waals surface area (Å²) in [5.74, 6) is 0.916. The minimum Gasteiger partial charge on any atom is -0.295 e. The molecule has 0 saturated heterocycles. The van der Waals surface area contributed by atoms with Crippen LogP contribution in [0.2, 0.25) is 0 Å². The van der Waals surface area contributed by atoms with Gasteiger partial charge in [-0.2, -0.15) is 5.26 Å². The molecule has 1 heterocycles. The van der Waals surface area contributed by atoms with Gasteiger partial charge >= 0.3 is 0 Å². The summed E-state index contributed by atoms with van der Waals surface area (Å²) in [6.07, 6.45) is 0.765. The number of nitrogens with one attached hydrogen (secondary N) is 1. The molecule has 0 radical (unpaired) electrons. The molecule has 0 aromatic heterocycles. The van der Waals surface area contributed by atoms with Crippen LogP contribution in [0.4, 0.5) is 0 Å².